The lowest BCUT2D eigenvalue weighted by molar-refractivity contribution is 0.0545. The second kappa shape index (κ2) is 7.92. The molecule has 2 atom stereocenters. The van der Waals surface area contributed by atoms with E-state index in [1.807, 2.05) is 0 Å². The van der Waals surface area contributed by atoms with Gasteiger partial charge in [0.05, 0.1) is 0 Å². The number of likely N-dealkylation sites (tertiary alicyclic amines) is 1. The molecular formula is C21H33N5O. The standard InChI is InChI=1S/C21H33N5O/c1-2-8-26(7-1)21-4-3-20(23-24-21)22-19-11-17-14-25(15-18(17)12-19)13-16-5-9-27-10-6-16/h3-4,16-19H,1-2,5-15H2,(H,22,23). The average Bonchev–Trinajstić information content (AvgIpc) is 3.40. The molecule has 0 radical (unpaired) electrons. The van der Waals surface area contributed by atoms with Gasteiger partial charge in [-0.3, -0.25) is 0 Å². The molecule has 27 heavy (non-hydrogen) atoms. The van der Waals surface area contributed by atoms with Crippen molar-refractivity contribution in [2.75, 3.05) is 56.2 Å². The van der Waals surface area contributed by atoms with E-state index in [2.05, 4.69) is 37.4 Å². The van der Waals surface area contributed by atoms with Crippen LogP contribution in [-0.4, -0.2) is 67.1 Å². The average molecular weight is 372 g/mol. The third kappa shape index (κ3) is 4.06. The summed E-state index contributed by atoms with van der Waals surface area (Å²) in [4.78, 5) is 5.07. The second-order valence-electron chi connectivity index (χ2n) is 9.08. The van der Waals surface area contributed by atoms with Crippen LogP contribution in [-0.2, 0) is 4.74 Å². The number of hydrogen-bond donors (Lipinski definition) is 1. The highest BCUT2D eigenvalue weighted by molar-refractivity contribution is 5.44. The van der Waals surface area contributed by atoms with Gasteiger partial charge in [-0.1, -0.05) is 0 Å². The van der Waals surface area contributed by atoms with Crippen LogP contribution in [0.2, 0.25) is 0 Å². The van der Waals surface area contributed by atoms with Gasteiger partial charge in [0.15, 0.2) is 5.82 Å². The van der Waals surface area contributed by atoms with Crippen LogP contribution in [0.5, 0.6) is 0 Å². The number of fused-ring (bicyclic) bond motifs is 1. The summed E-state index contributed by atoms with van der Waals surface area (Å²) in [6.45, 7) is 8.05. The first kappa shape index (κ1) is 17.7. The number of anilines is 2. The minimum absolute atomic E-state index is 0.567. The Kier molecular flexibility index (Phi) is 5.18. The van der Waals surface area contributed by atoms with Crippen LogP contribution in [0.15, 0.2) is 12.1 Å². The Morgan fingerprint density at radius 1 is 1.00 bits per heavy atom. The van der Waals surface area contributed by atoms with E-state index < -0.39 is 0 Å². The second-order valence-corrected chi connectivity index (χ2v) is 9.08. The molecule has 4 aliphatic rings. The van der Waals surface area contributed by atoms with Crippen molar-refractivity contribution in [3.63, 3.8) is 0 Å². The molecule has 0 spiro atoms. The van der Waals surface area contributed by atoms with Crippen LogP contribution in [0.3, 0.4) is 0 Å². The number of aromatic nitrogens is 2. The molecule has 3 saturated heterocycles. The predicted octanol–water partition coefficient (Wildman–Crippen LogP) is 2.63. The van der Waals surface area contributed by atoms with Crippen molar-refractivity contribution in [2.24, 2.45) is 17.8 Å². The lowest BCUT2D eigenvalue weighted by Gasteiger charge is -2.27. The summed E-state index contributed by atoms with van der Waals surface area (Å²) >= 11 is 0. The molecule has 0 aromatic carbocycles. The highest BCUT2D eigenvalue weighted by Crippen LogP contribution is 2.39. The van der Waals surface area contributed by atoms with Crippen LogP contribution in [0.4, 0.5) is 11.6 Å². The van der Waals surface area contributed by atoms with E-state index >= 15 is 0 Å². The minimum atomic E-state index is 0.567. The minimum Gasteiger partial charge on any atom is -0.381 e. The monoisotopic (exact) mass is 371 g/mol. The Morgan fingerprint density at radius 2 is 1.74 bits per heavy atom. The van der Waals surface area contributed by atoms with E-state index in [9.17, 15) is 0 Å². The molecule has 5 rings (SSSR count). The van der Waals surface area contributed by atoms with Gasteiger partial charge >= 0.3 is 0 Å². The zero-order valence-electron chi connectivity index (χ0n) is 16.4. The van der Waals surface area contributed by atoms with Crippen LogP contribution >= 0.6 is 0 Å². The predicted molar refractivity (Wildman–Crippen MR) is 107 cm³/mol. The molecule has 1 aliphatic carbocycles. The summed E-state index contributed by atoms with van der Waals surface area (Å²) in [5, 5.41) is 12.6. The van der Waals surface area contributed by atoms with Crippen LogP contribution in [0.25, 0.3) is 0 Å². The van der Waals surface area contributed by atoms with Gasteiger partial charge in [0.1, 0.15) is 5.82 Å². The molecule has 1 aromatic heterocycles. The van der Waals surface area contributed by atoms with E-state index in [1.54, 1.807) is 0 Å². The maximum atomic E-state index is 5.51. The van der Waals surface area contributed by atoms with Crippen molar-refractivity contribution in [2.45, 2.75) is 44.6 Å². The van der Waals surface area contributed by atoms with E-state index in [0.717, 1.165) is 55.7 Å². The maximum Gasteiger partial charge on any atom is 0.151 e. The number of rotatable bonds is 5. The quantitative estimate of drug-likeness (QED) is 0.859. The van der Waals surface area contributed by atoms with Crippen molar-refractivity contribution < 1.29 is 4.74 Å². The van der Waals surface area contributed by atoms with Crippen molar-refractivity contribution in [1.29, 1.82) is 0 Å². The SMILES string of the molecule is c1cc(N2CCCC2)nnc1NC1CC2CN(CC3CCOCC3)CC2C1. The lowest BCUT2D eigenvalue weighted by atomic mass is 10.00. The van der Waals surface area contributed by atoms with Crippen molar-refractivity contribution in [3.05, 3.63) is 12.1 Å². The summed E-state index contributed by atoms with van der Waals surface area (Å²) in [6.07, 6.45) is 7.62. The fraction of sp³-hybridized carbons (Fsp3) is 0.810. The summed E-state index contributed by atoms with van der Waals surface area (Å²) in [5.41, 5.74) is 0. The summed E-state index contributed by atoms with van der Waals surface area (Å²) in [6, 6.07) is 4.82. The molecule has 1 N–H and O–H groups in total. The van der Waals surface area contributed by atoms with Gasteiger partial charge in [-0.15, -0.1) is 10.2 Å². The topological polar surface area (TPSA) is 53.5 Å². The molecule has 0 bridgehead atoms. The number of ether oxygens (including phenoxy) is 1. The summed E-state index contributed by atoms with van der Waals surface area (Å²) < 4.78 is 5.51. The Balaban J connectivity index is 1.09. The Labute approximate surface area is 162 Å². The Bertz CT molecular complexity index is 598. The van der Waals surface area contributed by atoms with Crippen LogP contribution < -0.4 is 10.2 Å². The van der Waals surface area contributed by atoms with Gasteiger partial charge in [-0.25, -0.2) is 0 Å². The molecule has 1 saturated carbocycles. The van der Waals surface area contributed by atoms with E-state index in [1.165, 1.54) is 58.2 Å². The van der Waals surface area contributed by atoms with Crippen molar-refractivity contribution in [3.8, 4) is 0 Å². The van der Waals surface area contributed by atoms with E-state index in [4.69, 9.17) is 4.74 Å². The molecule has 4 fully saturated rings. The highest BCUT2D eigenvalue weighted by atomic mass is 16.5. The lowest BCUT2D eigenvalue weighted by Crippen LogP contribution is -2.32. The normalized spacial score (nSPS) is 32.1. The molecule has 2 unspecified atom stereocenters. The Morgan fingerprint density at radius 3 is 2.41 bits per heavy atom. The van der Waals surface area contributed by atoms with Gasteiger partial charge < -0.3 is 19.9 Å². The first-order chi connectivity index (χ1) is 13.3. The van der Waals surface area contributed by atoms with E-state index in [0.29, 0.717) is 6.04 Å². The van der Waals surface area contributed by atoms with Crippen molar-refractivity contribution in [1.82, 2.24) is 15.1 Å². The van der Waals surface area contributed by atoms with Gasteiger partial charge in [0.2, 0.25) is 0 Å². The molecular weight excluding hydrogens is 338 g/mol. The number of nitrogens with one attached hydrogen (secondary N) is 1. The smallest absolute Gasteiger partial charge is 0.151 e. The summed E-state index contributed by atoms with van der Waals surface area (Å²) in [7, 11) is 0. The molecule has 1 aromatic rings. The molecule has 3 aliphatic heterocycles. The van der Waals surface area contributed by atoms with Crippen LogP contribution in [0.1, 0.15) is 38.5 Å². The van der Waals surface area contributed by atoms with Gasteiger partial charge in [0.25, 0.3) is 0 Å². The Hall–Kier alpha value is -1.40. The number of nitrogens with zero attached hydrogens (tertiary/aromatic N) is 4. The molecule has 6 heteroatoms. The molecule has 0 amide bonds. The number of hydrogen-bond acceptors (Lipinski definition) is 6. The van der Waals surface area contributed by atoms with Gasteiger partial charge in [0, 0.05) is 52.0 Å². The maximum absolute atomic E-state index is 5.51. The largest absolute Gasteiger partial charge is 0.381 e. The molecule has 4 heterocycles. The zero-order chi connectivity index (χ0) is 18.1. The summed E-state index contributed by atoms with van der Waals surface area (Å²) in [5.74, 6) is 4.56. The van der Waals surface area contributed by atoms with Crippen molar-refractivity contribution >= 4 is 11.6 Å². The van der Waals surface area contributed by atoms with Gasteiger partial charge in [-0.2, -0.15) is 0 Å². The molecule has 6 nitrogen and oxygen atoms in total. The first-order valence-corrected chi connectivity index (χ1v) is 11.0. The fourth-order valence-corrected chi connectivity index (χ4v) is 5.68. The fourth-order valence-electron chi connectivity index (χ4n) is 5.68. The zero-order valence-corrected chi connectivity index (χ0v) is 16.4. The van der Waals surface area contributed by atoms with E-state index in [-0.39, 0.29) is 0 Å². The highest BCUT2D eigenvalue weighted by Gasteiger charge is 2.41. The first-order valence-electron chi connectivity index (χ1n) is 11.0. The van der Waals surface area contributed by atoms with Gasteiger partial charge in [-0.05, 0) is 68.4 Å². The third-order valence-corrected chi connectivity index (χ3v) is 7.12. The third-order valence-electron chi connectivity index (χ3n) is 7.12. The molecule has 148 valence electrons. The van der Waals surface area contributed by atoms with Crippen LogP contribution in [0, 0.1) is 17.8 Å².